The van der Waals surface area contributed by atoms with Crippen molar-refractivity contribution >= 4 is 10.8 Å². The van der Waals surface area contributed by atoms with Crippen LogP contribution in [-0.4, -0.2) is 26.4 Å². The van der Waals surface area contributed by atoms with Crippen molar-refractivity contribution in [1.29, 1.82) is 0 Å². The fourth-order valence-corrected chi connectivity index (χ4v) is 2.94. The van der Waals surface area contributed by atoms with Crippen LogP contribution in [0.4, 0.5) is 0 Å². The maximum atomic E-state index is 10.1. The summed E-state index contributed by atoms with van der Waals surface area (Å²) in [4.78, 5) is 0. The summed E-state index contributed by atoms with van der Waals surface area (Å²) in [5.41, 5.74) is 2.03. The number of rotatable bonds is 5. The Balaban J connectivity index is 2.14. The van der Waals surface area contributed by atoms with Gasteiger partial charge in [-0.05, 0) is 17.0 Å². The molecule has 3 aromatic rings. The predicted octanol–water partition coefficient (Wildman–Crippen LogP) is 4.16. The van der Waals surface area contributed by atoms with E-state index >= 15 is 0 Å². The Labute approximate surface area is 141 Å². The molecule has 0 bridgehead atoms. The normalized spacial score (nSPS) is 10.6. The number of benzene rings is 3. The van der Waals surface area contributed by atoms with Crippen LogP contribution in [0.15, 0.2) is 48.5 Å². The fourth-order valence-electron chi connectivity index (χ4n) is 2.94. The first kappa shape index (κ1) is 16.0. The number of hydrogen-bond donors (Lipinski definition) is 1. The average molecular weight is 324 g/mol. The molecule has 0 unspecified atom stereocenters. The summed E-state index contributed by atoms with van der Waals surface area (Å²) < 4.78 is 16.4. The number of phenolic OH excluding ortho intramolecular Hbond substituents is 1. The van der Waals surface area contributed by atoms with Crippen molar-refractivity contribution in [2.45, 2.75) is 6.42 Å². The Kier molecular flexibility index (Phi) is 4.47. The molecule has 0 atom stereocenters. The van der Waals surface area contributed by atoms with Gasteiger partial charge in [0.2, 0.25) is 0 Å². The lowest BCUT2D eigenvalue weighted by atomic mass is 9.96. The van der Waals surface area contributed by atoms with Gasteiger partial charge in [-0.25, -0.2) is 0 Å². The number of phenols is 1. The van der Waals surface area contributed by atoms with Gasteiger partial charge in [-0.1, -0.05) is 30.3 Å². The van der Waals surface area contributed by atoms with E-state index in [9.17, 15) is 5.11 Å². The van der Waals surface area contributed by atoms with Crippen LogP contribution in [0.2, 0.25) is 0 Å². The van der Waals surface area contributed by atoms with Gasteiger partial charge in [-0.2, -0.15) is 0 Å². The summed E-state index contributed by atoms with van der Waals surface area (Å²) in [5, 5.41) is 11.9. The molecular formula is C20H20O4. The van der Waals surface area contributed by atoms with Crippen LogP contribution in [0, 0.1) is 0 Å². The minimum atomic E-state index is 0.281. The van der Waals surface area contributed by atoms with Crippen LogP contribution in [0.3, 0.4) is 0 Å². The van der Waals surface area contributed by atoms with Gasteiger partial charge in [0, 0.05) is 29.5 Å². The van der Waals surface area contributed by atoms with E-state index in [1.165, 1.54) is 0 Å². The molecule has 0 aromatic heterocycles. The fraction of sp³-hybridized carbons (Fsp3) is 0.200. The number of ether oxygens (including phenoxy) is 3. The lowest BCUT2D eigenvalue weighted by molar-refractivity contribution is 0.370. The van der Waals surface area contributed by atoms with Crippen LogP contribution < -0.4 is 14.2 Å². The standard InChI is InChI=1S/C20H20O4/c1-22-14-11-19(23-2)17(20(12-14)24-3)10-13-8-9-18(21)16-7-5-4-6-15(13)16/h4-9,11-12,21H,10H2,1-3H3. The summed E-state index contributed by atoms with van der Waals surface area (Å²) in [6, 6.07) is 15.2. The molecule has 0 radical (unpaired) electrons. The molecule has 0 aliphatic heterocycles. The number of aromatic hydroxyl groups is 1. The molecule has 0 saturated carbocycles. The second-order valence-corrected chi connectivity index (χ2v) is 5.48. The van der Waals surface area contributed by atoms with Crippen LogP contribution in [0.25, 0.3) is 10.8 Å². The van der Waals surface area contributed by atoms with E-state index < -0.39 is 0 Å². The van der Waals surface area contributed by atoms with Gasteiger partial charge >= 0.3 is 0 Å². The highest BCUT2D eigenvalue weighted by Gasteiger charge is 2.15. The topological polar surface area (TPSA) is 47.9 Å². The van der Waals surface area contributed by atoms with E-state index in [0.29, 0.717) is 23.7 Å². The molecule has 3 aromatic carbocycles. The minimum absolute atomic E-state index is 0.281. The molecule has 0 aliphatic carbocycles. The van der Waals surface area contributed by atoms with Crippen molar-refractivity contribution < 1.29 is 19.3 Å². The number of fused-ring (bicyclic) bond motifs is 1. The lowest BCUT2D eigenvalue weighted by Crippen LogP contribution is -2.00. The van der Waals surface area contributed by atoms with Gasteiger partial charge in [0.1, 0.15) is 23.0 Å². The van der Waals surface area contributed by atoms with E-state index in [-0.39, 0.29) is 5.75 Å². The van der Waals surface area contributed by atoms with Gasteiger partial charge in [-0.3, -0.25) is 0 Å². The van der Waals surface area contributed by atoms with Gasteiger partial charge in [0.15, 0.2) is 0 Å². The number of hydrogen-bond acceptors (Lipinski definition) is 4. The summed E-state index contributed by atoms with van der Waals surface area (Å²) in [7, 11) is 4.88. The maximum Gasteiger partial charge on any atom is 0.129 e. The Morgan fingerprint density at radius 3 is 2.00 bits per heavy atom. The van der Waals surface area contributed by atoms with E-state index in [1.54, 1.807) is 27.4 Å². The molecule has 0 fully saturated rings. The monoisotopic (exact) mass is 324 g/mol. The third-order valence-electron chi connectivity index (χ3n) is 4.18. The zero-order valence-electron chi connectivity index (χ0n) is 14.0. The average Bonchev–Trinajstić information content (AvgIpc) is 2.64. The summed E-state index contributed by atoms with van der Waals surface area (Å²) in [5.74, 6) is 2.39. The van der Waals surface area contributed by atoms with Crippen LogP contribution in [0.1, 0.15) is 11.1 Å². The van der Waals surface area contributed by atoms with Crippen LogP contribution >= 0.6 is 0 Å². The molecule has 0 saturated heterocycles. The van der Waals surface area contributed by atoms with Gasteiger partial charge in [-0.15, -0.1) is 0 Å². The highest BCUT2D eigenvalue weighted by Crippen LogP contribution is 2.37. The molecule has 24 heavy (non-hydrogen) atoms. The number of methoxy groups -OCH3 is 3. The predicted molar refractivity (Wildman–Crippen MR) is 94.5 cm³/mol. The third kappa shape index (κ3) is 2.83. The first-order valence-electron chi connectivity index (χ1n) is 7.66. The molecule has 0 amide bonds. The summed E-state index contributed by atoms with van der Waals surface area (Å²) in [6.07, 6.45) is 0.622. The largest absolute Gasteiger partial charge is 0.507 e. The van der Waals surface area contributed by atoms with Crippen molar-refractivity contribution in [2.75, 3.05) is 21.3 Å². The van der Waals surface area contributed by atoms with Gasteiger partial charge in [0.25, 0.3) is 0 Å². The van der Waals surface area contributed by atoms with Crippen LogP contribution in [0.5, 0.6) is 23.0 Å². The molecule has 124 valence electrons. The summed E-state index contributed by atoms with van der Waals surface area (Å²) >= 11 is 0. The highest BCUT2D eigenvalue weighted by molar-refractivity contribution is 5.91. The van der Waals surface area contributed by atoms with E-state index in [4.69, 9.17) is 14.2 Å². The molecule has 0 aliphatic rings. The first-order valence-corrected chi connectivity index (χ1v) is 7.66. The smallest absolute Gasteiger partial charge is 0.129 e. The molecule has 0 spiro atoms. The van der Waals surface area contributed by atoms with Gasteiger partial charge < -0.3 is 19.3 Å². The second kappa shape index (κ2) is 6.71. The Bertz CT molecular complexity index is 846. The Hall–Kier alpha value is -2.88. The van der Waals surface area contributed by atoms with Crippen molar-refractivity contribution in [2.24, 2.45) is 0 Å². The molecule has 0 heterocycles. The lowest BCUT2D eigenvalue weighted by Gasteiger charge is -2.16. The van der Waals surface area contributed by atoms with E-state index in [2.05, 4.69) is 0 Å². The zero-order chi connectivity index (χ0) is 17.1. The molecule has 4 heteroatoms. The van der Waals surface area contributed by atoms with Crippen molar-refractivity contribution in [3.8, 4) is 23.0 Å². The SMILES string of the molecule is COc1cc(OC)c(Cc2ccc(O)c3ccccc23)c(OC)c1. The molecule has 1 N–H and O–H groups in total. The second-order valence-electron chi connectivity index (χ2n) is 5.48. The first-order chi connectivity index (χ1) is 11.7. The van der Waals surface area contributed by atoms with Crippen LogP contribution in [-0.2, 0) is 6.42 Å². The minimum Gasteiger partial charge on any atom is -0.507 e. The summed E-state index contributed by atoms with van der Waals surface area (Å²) in [6.45, 7) is 0. The molecule has 4 nitrogen and oxygen atoms in total. The quantitative estimate of drug-likeness (QED) is 0.765. The third-order valence-corrected chi connectivity index (χ3v) is 4.18. The van der Waals surface area contributed by atoms with Crippen molar-refractivity contribution in [3.63, 3.8) is 0 Å². The van der Waals surface area contributed by atoms with E-state index in [0.717, 1.165) is 21.9 Å². The van der Waals surface area contributed by atoms with Crippen molar-refractivity contribution in [3.05, 3.63) is 59.7 Å². The molecular weight excluding hydrogens is 304 g/mol. The van der Waals surface area contributed by atoms with Crippen molar-refractivity contribution in [1.82, 2.24) is 0 Å². The maximum absolute atomic E-state index is 10.1. The Morgan fingerprint density at radius 2 is 1.42 bits per heavy atom. The zero-order valence-corrected chi connectivity index (χ0v) is 14.0. The van der Waals surface area contributed by atoms with Gasteiger partial charge in [0.05, 0.1) is 21.3 Å². The van der Waals surface area contributed by atoms with E-state index in [1.807, 2.05) is 42.5 Å². The molecule has 3 rings (SSSR count). The highest BCUT2D eigenvalue weighted by atomic mass is 16.5. The Morgan fingerprint density at radius 1 is 0.792 bits per heavy atom.